The van der Waals surface area contributed by atoms with E-state index in [1.54, 1.807) is 0 Å². The molecule has 0 amide bonds. The van der Waals surface area contributed by atoms with E-state index in [4.69, 9.17) is 0 Å². The summed E-state index contributed by atoms with van der Waals surface area (Å²) in [7, 11) is 0. The van der Waals surface area contributed by atoms with E-state index in [1.807, 2.05) is 0 Å². The van der Waals surface area contributed by atoms with Crippen LogP contribution in [0.3, 0.4) is 0 Å². The average Bonchev–Trinajstić information content (AvgIpc) is 1.98. The lowest BCUT2D eigenvalue weighted by Gasteiger charge is -2.53. The van der Waals surface area contributed by atoms with Crippen LogP contribution in [0.4, 0.5) is 0 Å². The Hall–Kier alpha value is 0. The molecule has 0 aromatic heterocycles. The van der Waals surface area contributed by atoms with Crippen LogP contribution in [-0.2, 0) is 0 Å². The van der Waals surface area contributed by atoms with Crippen LogP contribution in [0.2, 0.25) is 0 Å². The van der Waals surface area contributed by atoms with Crippen molar-refractivity contribution < 1.29 is 0 Å². The lowest BCUT2D eigenvalue weighted by molar-refractivity contribution is -0.0412. The number of hydrogen-bond donors (Lipinski definition) is 0. The maximum absolute atomic E-state index is 2.42. The maximum atomic E-state index is 2.42. The Balaban J connectivity index is 2.49. The minimum atomic E-state index is 0.619. The van der Waals surface area contributed by atoms with Gasteiger partial charge < -0.3 is 0 Å². The molecule has 1 rings (SSSR count). The van der Waals surface area contributed by atoms with Gasteiger partial charge in [-0.2, -0.15) is 0 Å². The van der Waals surface area contributed by atoms with Crippen LogP contribution < -0.4 is 0 Å². The third kappa shape index (κ3) is 1.53. The summed E-state index contributed by atoms with van der Waals surface area (Å²) in [5.41, 5.74) is 0.619. The average molecular weight is 168 g/mol. The molecule has 12 heavy (non-hydrogen) atoms. The summed E-state index contributed by atoms with van der Waals surface area (Å²) in [6.45, 7) is 14.3. The first kappa shape index (κ1) is 10.1. The van der Waals surface area contributed by atoms with Gasteiger partial charge in [-0.15, -0.1) is 0 Å². The van der Waals surface area contributed by atoms with Crippen molar-refractivity contribution in [3.05, 3.63) is 0 Å². The molecule has 0 saturated heterocycles. The topological polar surface area (TPSA) is 0 Å². The molecule has 0 spiro atoms. The molecular weight excluding hydrogens is 144 g/mol. The van der Waals surface area contributed by atoms with Crippen LogP contribution in [0.15, 0.2) is 0 Å². The summed E-state index contributed by atoms with van der Waals surface area (Å²) in [6.07, 6.45) is 1.44. The molecule has 0 bridgehead atoms. The van der Waals surface area contributed by atoms with Gasteiger partial charge in [0.1, 0.15) is 0 Å². The van der Waals surface area contributed by atoms with E-state index in [-0.39, 0.29) is 0 Å². The highest BCUT2D eigenvalue weighted by Crippen LogP contribution is 2.54. The minimum Gasteiger partial charge on any atom is -0.0625 e. The van der Waals surface area contributed by atoms with Gasteiger partial charge in [0.25, 0.3) is 0 Å². The standard InChI is InChI=1S/C12H24/c1-8(2)9(3)11-7-12(5,6)10(11)4/h8-11H,7H2,1-6H3. The summed E-state index contributed by atoms with van der Waals surface area (Å²) in [6, 6.07) is 0. The van der Waals surface area contributed by atoms with Crippen molar-refractivity contribution in [1.29, 1.82) is 0 Å². The Morgan fingerprint density at radius 1 is 1.17 bits per heavy atom. The van der Waals surface area contributed by atoms with Gasteiger partial charge in [0.05, 0.1) is 0 Å². The molecule has 0 heteroatoms. The minimum absolute atomic E-state index is 0.619. The van der Waals surface area contributed by atoms with Gasteiger partial charge in [-0.05, 0) is 35.5 Å². The van der Waals surface area contributed by atoms with E-state index in [0.29, 0.717) is 5.41 Å². The van der Waals surface area contributed by atoms with Gasteiger partial charge in [0.15, 0.2) is 0 Å². The zero-order valence-corrected chi connectivity index (χ0v) is 9.52. The molecule has 0 N–H and O–H groups in total. The molecule has 72 valence electrons. The summed E-state index contributed by atoms with van der Waals surface area (Å²) in [4.78, 5) is 0. The highest BCUT2D eigenvalue weighted by molar-refractivity contribution is 4.95. The molecule has 1 saturated carbocycles. The molecular formula is C12H24. The molecule has 1 fully saturated rings. The molecule has 0 heterocycles. The lowest BCUT2D eigenvalue weighted by atomic mass is 9.52. The second-order valence-electron chi connectivity index (χ2n) is 5.75. The molecule has 3 atom stereocenters. The zero-order chi connectivity index (χ0) is 9.52. The van der Waals surface area contributed by atoms with Crippen LogP contribution >= 0.6 is 0 Å². The summed E-state index contributed by atoms with van der Waals surface area (Å²) >= 11 is 0. The predicted molar refractivity (Wildman–Crippen MR) is 55.1 cm³/mol. The van der Waals surface area contributed by atoms with Gasteiger partial charge in [-0.1, -0.05) is 41.5 Å². The molecule has 0 nitrogen and oxygen atoms in total. The second kappa shape index (κ2) is 3.05. The Kier molecular flexibility index (Phi) is 2.56. The van der Waals surface area contributed by atoms with Crippen molar-refractivity contribution >= 4 is 0 Å². The number of hydrogen-bond acceptors (Lipinski definition) is 0. The zero-order valence-electron chi connectivity index (χ0n) is 9.52. The third-order valence-corrected chi connectivity index (χ3v) is 4.36. The predicted octanol–water partition coefficient (Wildman–Crippen LogP) is 3.96. The first-order chi connectivity index (χ1) is 5.36. The Morgan fingerprint density at radius 3 is 1.92 bits per heavy atom. The van der Waals surface area contributed by atoms with Crippen molar-refractivity contribution in [3.63, 3.8) is 0 Å². The van der Waals surface area contributed by atoms with Crippen molar-refractivity contribution in [2.24, 2.45) is 29.1 Å². The van der Waals surface area contributed by atoms with E-state index in [2.05, 4.69) is 41.5 Å². The summed E-state index contributed by atoms with van der Waals surface area (Å²) in [5.74, 6) is 3.68. The first-order valence-corrected chi connectivity index (χ1v) is 5.36. The third-order valence-electron chi connectivity index (χ3n) is 4.36. The molecule has 0 aliphatic heterocycles. The van der Waals surface area contributed by atoms with Crippen molar-refractivity contribution in [3.8, 4) is 0 Å². The molecule has 3 unspecified atom stereocenters. The fraction of sp³-hybridized carbons (Fsp3) is 1.00. The van der Waals surface area contributed by atoms with Crippen molar-refractivity contribution in [1.82, 2.24) is 0 Å². The smallest absolute Gasteiger partial charge is 0.0323 e. The summed E-state index contributed by atoms with van der Waals surface area (Å²) < 4.78 is 0. The number of rotatable bonds is 2. The summed E-state index contributed by atoms with van der Waals surface area (Å²) in [5, 5.41) is 0. The fourth-order valence-corrected chi connectivity index (χ4v) is 2.52. The molecule has 0 radical (unpaired) electrons. The SMILES string of the molecule is CC(C)C(C)C1CC(C)(C)C1C. The lowest BCUT2D eigenvalue weighted by Crippen LogP contribution is -2.46. The monoisotopic (exact) mass is 168 g/mol. The highest BCUT2D eigenvalue weighted by Gasteiger charge is 2.46. The van der Waals surface area contributed by atoms with E-state index < -0.39 is 0 Å². The Bertz CT molecular complexity index is 151. The Morgan fingerprint density at radius 2 is 1.67 bits per heavy atom. The maximum Gasteiger partial charge on any atom is -0.0323 e. The van der Waals surface area contributed by atoms with Crippen LogP contribution in [0, 0.1) is 29.1 Å². The van der Waals surface area contributed by atoms with E-state index in [1.165, 1.54) is 6.42 Å². The van der Waals surface area contributed by atoms with Crippen LogP contribution in [0.25, 0.3) is 0 Å². The second-order valence-corrected chi connectivity index (χ2v) is 5.75. The molecule has 1 aliphatic carbocycles. The highest BCUT2D eigenvalue weighted by atomic mass is 14.5. The van der Waals surface area contributed by atoms with Crippen LogP contribution in [0.1, 0.15) is 48.0 Å². The van der Waals surface area contributed by atoms with Gasteiger partial charge in [0.2, 0.25) is 0 Å². The Labute approximate surface area is 77.7 Å². The van der Waals surface area contributed by atoms with Crippen LogP contribution in [0.5, 0.6) is 0 Å². The first-order valence-electron chi connectivity index (χ1n) is 5.36. The largest absolute Gasteiger partial charge is 0.0625 e. The molecule has 0 aromatic rings. The van der Waals surface area contributed by atoms with Gasteiger partial charge >= 0.3 is 0 Å². The van der Waals surface area contributed by atoms with Crippen LogP contribution in [-0.4, -0.2) is 0 Å². The van der Waals surface area contributed by atoms with Gasteiger partial charge in [-0.3, -0.25) is 0 Å². The molecule has 1 aliphatic rings. The van der Waals surface area contributed by atoms with Crippen molar-refractivity contribution in [2.75, 3.05) is 0 Å². The fourth-order valence-electron chi connectivity index (χ4n) is 2.52. The molecule has 0 aromatic carbocycles. The van der Waals surface area contributed by atoms with E-state index in [0.717, 1.165) is 23.7 Å². The van der Waals surface area contributed by atoms with Crippen molar-refractivity contribution in [2.45, 2.75) is 48.0 Å². The quantitative estimate of drug-likeness (QED) is 0.585. The normalized spacial score (nSPS) is 36.2. The van der Waals surface area contributed by atoms with E-state index >= 15 is 0 Å². The van der Waals surface area contributed by atoms with Gasteiger partial charge in [0, 0.05) is 0 Å². The van der Waals surface area contributed by atoms with Gasteiger partial charge in [-0.25, -0.2) is 0 Å². The van der Waals surface area contributed by atoms with E-state index in [9.17, 15) is 0 Å².